The molecule has 2 aromatic carbocycles. The van der Waals surface area contributed by atoms with Crippen LogP contribution in [-0.2, 0) is 13.0 Å². The molecule has 1 N–H and O–H groups in total. The van der Waals surface area contributed by atoms with Crippen LogP contribution < -0.4 is 0 Å². The van der Waals surface area contributed by atoms with Crippen molar-refractivity contribution in [2.24, 2.45) is 0 Å². The molecule has 3 aromatic rings. The van der Waals surface area contributed by atoms with Gasteiger partial charge in [-0.15, -0.1) is 11.3 Å². The van der Waals surface area contributed by atoms with Crippen LogP contribution in [0.25, 0.3) is 11.3 Å². The molecule has 0 spiro atoms. The summed E-state index contributed by atoms with van der Waals surface area (Å²) in [5, 5.41) is 11.8. The molecule has 112 valence electrons. The molecule has 0 saturated heterocycles. The maximum Gasteiger partial charge on any atom is 0.0980 e. The first-order valence-corrected chi connectivity index (χ1v) is 8.33. The first kappa shape index (κ1) is 15.5. The lowest BCUT2D eigenvalue weighted by atomic mass is 10.1. The zero-order valence-corrected chi connectivity index (χ0v) is 13.9. The normalized spacial score (nSPS) is 10.9. The highest BCUT2D eigenvalue weighted by Gasteiger charge is 2.13. The van der Waals surface area contributed by atoms with Gasteiger partial charge in [0.2, 0.25) is 0 Å². The summed E-state index contributed by atoms with van der Waals surface area (Å²) in [4.78, 5) is 5.54. The van der Waals surface area contributed by atoms with E-state index >= 15 is 0 Å². The molecule has 0 bridgehead atoms. The molecule has 5 heteroatoms. The summed E-state index contributed by atoms with van der Waals surface area (Å²) in [6.07, 6.45) is 0.625. The smallest absolute Gasteiger partial charge is 0.0980 e. The van der Waals surface area contributed by atoms with Gasteiger partial charge in [0.05, 0.1) is 22.2 Å². The van der Waals surface area contributed by atoms with E-state index in [0.29, 0.717) is 16.5 Å². The average molecular weight is 350 g/mol. The summed E-state index contributed by atoms with van der Waals surface area (Å²) in [6.45, 7) is -0.0176. The summed E-state index contributed by atoms with van der Waals surface area (Å²) in [7, 11) is 0. The van der Waals surface area contributed by atoms with Crippen molar-refractivity contribution in [2.75, 3.05) is 0 Å². The van der Waals surface area contributed by atoms with Crippen molar-refractivity contribution in [1.29, 1.82) is 0 Å². The highest BCUT2D eigenvalue weighted by molar-refractivity contribution is 7.12. The molecule has 22 heavy (non-hydrogen) atoms. The number of hydrogen-bond donors (Lipinski definition) is 1. The fourth-order valence-corrected chi connectivity index (χ4v) is 3.68. The van der Waals surface area contributed by atoms with Crippen molar-refractivity contribution in [3.63, 3.8) is 0 Å². The number of benzene rings is 2. The molecule has 1 aromatic heterocycles. The van der Waals surface area contributed by atoms with Crippen molar-refractivity contribution >= 4 is 34.5 Å². The molecule has 0 aliphatic carbocycles. The molecular formula is C17H13Cl2NOS. The average Bonchev–Trinajstić information content (AvgIpc) is 2.94. The Morgan fingerprint density at radius 1 is 1.05 bits per heavy atom. The van der Waals surface area contributed by atoms with E-state index in [-0.39, 0.29) is 6.61 Å². The largest absolute Gasteiger partial charge is 0.391 e. The predicted molar refractivity (Wildman–Crippen MR) is 92.7 cm³/mol. The lowest BCUT2D eigenvalue weighted by Crippen LogP contribution is -1.89. The summed E-state index contributed by atoms with van der Waals surface area (Å²) in [6, 6.07) is 15.3. The SMILES string of the molecule is OCc1sc(Cc2ccc(Cl)cc2Cl)nc1-c1ccccc1. The number of thiazole rings is 1. The van der Waals surface area contributed by atoms with Crippen LogP contribution in [0, 0.1) is 0 Å². The third-order valence-corrected chi connectivity index (χ3v) is 4.92. The molecule has 0 saturated carbocycles. The minimum atomic E-state index is -0.0176. The Kier molecular flexibility index (Phi) is 4.79. The monoisotopic (exact) mass is 349 g/mol. The molecule has 0 aliphatic heterocycles. The number of hydrogen-bond acceptors (Lipinski definition) is 3. The van der Waals surface area contributed by atoms with Crippen molar-refractivity contribution in [1.82, 2.24) is 4.98 Å². The van der Waals surface area contributed by atoms with Crippen LogP contribution in [0.3, 0.4) is 0 Å². The van der Waals surface area contributed by atoms with Gasteiger partial charge in [-0.2, -0.15) is 0 Å². The van der Waals surface area contributed by atoms with Gasteiger partial charge in [-0.3, -0.25) is 0 Å². The van der Waals surface area contributed by atoms with Crippen LogP contribution in [0.2, 0.25) is 10.0 Å². The zero-order chi connectivity index (χ0) is 15.5. The van der Waals surface area contributed by atoms with Crippen LogP contribution in [-0.4, -0.2) is 10.1 Å². The van der Waals surface area contributed by atoms with E-state index in [0.717, 1.165) is 26.7 Å². The Morgan fingerprint density at radius 3 is 2.50 bits per heavy atom. The van der Waals surface area contributed by atoms with Crippen molar-refractivity contribution in [3.8, 4) is 11.3 Å². The Hall–Kier alpha value is -1.39. The van der Waals surface area contributed by atoms with E-state index < -0.39 is 0 Å². The van der Waals surface area contributed by atoms with Gasteiger partial charge >= 0.3 is 0 Å². The Balaban J connectivity index is 1.94. The highest BCUT2D eigenvalue weighted by Crippen LogP contribution is 2.31. The molecule has 0 radical (unpaired) electrons. The van der Waals surface area contributed by atoms with Crippen LogP contribution >= 0.6 is 34.5 Å². The van der Waals surface area contributed by atoms with Crippen LogP contribution in [0.5, 0.6) is 0 Å². The number of nitrogens with zero attached hydrogens (tertiary/aromatic N) is 1. The van der Waals surface area contributed by atoms with Gasteiger partial charge in [0.1, 0.15) is 0 Å². The molecule has 0 amide bonds. The van der Waals surface area contributed by atoms with Crippen LogP contribution in [0.1, 0.15) is 15.4 Å². The maximum atomic E-state index is 9.58. The summed E-state index contributed by atoms with van der Waals surface area (Å²) in [5.74, 6) is 0. The van der Waals surface area contributed by atoms with Gasteiger partial charge in [-0.1, -0.05) is 59.6 Å². The van der Waals surface area contributed by atoms with E-state index in [4.69, 9.17) is 23.2 Å². The van der Waals surface area contributed by atoms with Gasteiger partial charge < -0.3 is 5.11 Å². The standard InChI is InChI=1S/C17H13Cl2NOS/c18-13-7-6-12(14(19)9-13)8-16-20-17(15(10-21)22-16)11-4-2-1-3-5-11/h1-7,9,21H,8,10H2. The first-order chi connectivity index (χ1) is 10.7. The van der Waals surface area contributed by atoms with Gasteiger partial charge in [0.15, 0.2) is 0 Å². The maximum absolute atomic E-state index is 9.58. The fraction of sp³-hybridized carbons (Fsp3) is 0.118. The summed E-state index contributed by atoms with van der Waals surface area (Å²) >= 11 is 13.7. The lowest BCUT2D eigenvalue weighted by Gasteiger charge is -2.02. The number of aromatic nitrogens is 1. The molecule has 0 fully saturated rings. The minimum absolute atomic E-state index is 0.0176. The molecule has 3 rings (SSSR count). The van der Waals surface area contributed by atoms with Crippen molar-refractivity contribution < 1.29 is 5.11 Å². The molecular weight excluding hydrogens is 337 g/mol. The summed E-state index contributed by atoms with van der Waals surface area (Å²) in [5.41, 5.74) is 2.83. The topological polar surface area (TPSA) is 33.1 Å². The Bertz CT molecular complexity index is 787. The Morgan fingerprint density at radius 2 is 1.82 bits per heavy atom. The van der Waals surface area contributed by atoms with Gasteiger partial charge in [-0.05, 0) is 17.7 Å². The third-order valence-electron chi connectivity index (χ3n) is 3.29. The Labute approximate surface area is 143 Å². The number of aliphatic hydroxyl groups excluding tert-OH is 1. The number of rotatable bonds is 4. The second-order valence-electron chi connectivity index (χ2n) is 4.82. The van der Waals surface area contributed by atoms with E-state index in [9.17, 15) is 5.11 Å². The molecule has 0 unspecified atom stereocenters. The van der Waals surface area contributed by atoms with E-state index in [1.54, 1.807) is 6.07 Å². The molecule has 0 aliphatic rings. The fourth-order valence-electron chi connectivity index (χ4n) is 2.23. The molecule has 2 nitrogen and oxygen atoms in total. The van der Waals surface area contributed by atoms with Crippen LogP contribution in [0.4, 0.5) is 0 Å². The zero-order valence-electron chi connectivity index (χ0n) is 11.6. The van der Waals surface area contributed by atoms with Crippen molar-refractivity contribution in [3.05, 3.63) is 74.0 Å². The third kappa shape index (κ3) is 3.33. The molecule has 1 heterocycles. The van der Waals surface area contributed by atoms with E-state index in [2.05, 4.69) is 4.98 Å². The number of aliphatic hydroxyl groups is 1. The summed E-state index contributed by atoms with van der Waals surface area (Å²) < 4.78 is 0. The van der Waals surface area contributed by atoms with Crippen molar-refractivity contribution in [2.45, 2.75) is 13.0 Å². The highest BCUT2D eigenvalue weighted by atomic mass is 35.5. The second-order valence-corrected chi connectivity index (χ2v) is 6.83. The van der Waals surface area contributed by atoms with E-state index in [1.165, 1.54) is 11.3 Å². The predicted octanol–water partition coefficient (Wildman–Crippen LogP) is 5.20. The number of halogens is 2. The van der Waals surface area contributed by atoms with E-state index in [1.807, 2.05) is 42.5 Å². The van der Waals surface area contributed by atoms with Gasteiger partial charge in [-0.25, -0.2) is 4.98 Å². The first-order valence-electron chi connectivity index (χ1n) is 6.76. The molecule has 0 atom stereocenters. The van der Waals surface area contributed by atoms with Gasteiger partial charge in [0.25, 0.3) is 0 Å². The minimum Gasteiger partial charge on any atom is -0.391 e. The quantitative estimate of drug-likeness (QED) is 0.702. The van der Waals surface area contributed by atoms with Gasteiger partial charge in [0, 0.05) is 22.0 Å². The lowest BCUT2D eigenvalue weighted by molar-refractivity contribution is 0.286. The second kappa shape index (κ2) is 6.80. The van der Waals surface area contributed by atoms with Crippen LogP contribution in [0.15, 0.2) is 48.5 Å².